The van der Waals surface area contributed by atoms with Gasteiger partial charge in [0.1, 0.15) is 65.6 Å². The standard InChI is InChI=1S/C27H31NO14/c29-8-13-20(35)22(37)18(28-13)19(34)12-7-15(33)17(14(32)6-3-10-1-4-11(31)5-2-10)25(40)27(12,41)26-24(39)23(38)21(36)16(9-30)42-26/h1-7,13,16,20-24,26,28-32,34-39,41H,8-9H2/b6-3-,17-14+,19-18-/t13?,16?,20?,21-,22?,23+,24?,26-,27?/m1/s1. The second kappa shape index (κ2) is 11.9. The van der Waals surface area contributed by atoms with E-state index in [1.165, 1.54) is 30.3 Å². The summed E-state index contributed by atoms with van der Waals surface area (Å²) >= 11 is 0. The molecule has 6 unspecified atom stereocenters. The molecule has 2 heterocycles. The van der Waals surface area contributed by atoms with Crippen LogP contribution in [0.2, 0.25) is 0 Å². The number of benzene rings is 1. The number of allylic oxidation sites excluding steroid dienone is 2. The molecule has 0 radical (unpaired) electrons. The molecule has 1 aromatic rings. The summed E-state index contributed by atoms with van der Waals surface area (Å²) in [5.41, 5.74) is -5.57. The summed E-state index contributed by atoms with van der Waals surface area (Å²) in [6, 6.07) is 4.32. The molecule has 0 aromatic heterocycles. The molecule has 15 nitrogen and oxygen atoms in total. The number of hydrogen-bond acceptors (Lipinski definition) is 15. The second-order valence-electron chi connectivity index (χ2n) is 10.1. The number of phenolic OH excluding ortho intramolecular Hbond substituents is 1. The van der Waals surface area contributed by atoms with Crippen molar-refractivity contribution >= 4 is 17.6 Å². The number of nitrogens with one attached hydrogen (secondary N) is 1. The zero-order valence-corrected chi connectivity index (χ0v) is 21.7. The topological polar surface area (TPSA) is 278 Å². The fourth-order valence-electron chi connectivity index (χ4n) is 5.07. The summed E-state index contributed by atoms with van der Waals surface area (Å²) in [7, 11) is 0. The first-order valence-electron chi connectivity index (χ1n) is 12.7. The van der Waals surface area contributed by atoms with Gasteiger partial charge >= 0.3 is 0 Å². The summed E-state index contributed by atoms with van der Waals surface area (Å²) in [4.78, 5) is 27.0. The van der Waals surface area contributed by atoms with E-state index in [1.54, 1.807) is 0 Å². The molecule has 1 aromatic carbocycles. The molecule has 2 fully saturated rings. The Morgan fingerprint density at radius 2 is 1.57 bits per heavy atom. The van der Waals surface area contributed by atoms with Crippen LogP contribution in [0.15, 0.2) is 64.8 Å². The lowest BCUT2D eigenvalue weighted by molar-refractivity contribution is -0.259. The minimum Gasteiger partial charge on any atom is -0.508 e. The van der Waals surface area contributed by atoms with Gasteiger partial charge in [0.25, 0.3) is 0 Å². The van der Waals surface area contributed by atoms with Crippen molar-refractivity contribution in [1.82, 2.24) is 5.32 Å². The van der Waals surface area contributed by atoms with Gasteiger partial charge in [-0.15, -0.1) is 0 Å². The van der Waals surface area contributed by atoms with Crippen molar-refractivity contribution in [2.24, 2.45) is 0 Å². The highest BCUT2D eigenvalue weighted by Crippen LogP contribution is 2.42. The van der Waals surface area contributed by atoms with E-state index >= 15 is 0 Å². The van der Waals surface area contributed by atoms with Gasteiger partial charge in [0.2, 0.25) is 5.78 Å². The van der Waals surface area contributed by atoms with Gasteiger partial charge < -0.3 is 66.2 Å². The smallest absolute Gasteiger partial charge is 0.209 e. The third-order valence-corrected chi connectivity index (χ3v) is 7.47. The summed E-state index contributed by atoms with van der Waals surface area (Å²) in [5.74, 6) is -5.09. The Morgan fingerprint density at radius 1 is 0.929 bits per heavy atom. The van der Waals surface area contributed by atoms with Crippen molar-refractivity contribution in [3.05, 3.63) is 70.3 Å². The average Bonchev–Trinajstić information content (AvgIpc) is 3.26. The van der Waals surface area contributed by atoms with Crippen LogP contribution in [0.25, 0.3) is 6.08 Å². The van der Waals surface area contributed by atoms with Crippen LogP contribution < -0.4 is 5.32 Å². The molecule has 228 valence electrons. The van der Waals surface area contributed by atoms with Crippen LogP contribution in [0.5, 0.6) is 5.75 Å². The fraction of sp³-hybridized carbons (Fsp3) is 0.407. The molecule has 0 saturated carbocycles. The molecule has 0 bridgehead atoms. The number of ether oxygens (including phenoxy) is 1. The zero-order chi connectivity index (χ0) is 31.1. The first-order valence-corrected chi connectivity index (χ1v) is 12.7. The molecule has 2 saturated heterocycles. The molecular formula is C27H31NO14. The van der Waals surface area contributed by atoms with Gasteiger partial charge in [-0.3, -0.25) is 9.59 Å². The molecule has 2 aliphatic heterocycles. The van der Waals surface area contributed by atoms with Gasteiger partial charge in [0.05, 0.1) is 25.0 Å². The minimum atomic E-state index is -3.32. The fourth-order valence-corrected chi connectivity index (χ4v) is 5.07. The first-order chi connectivity index (χ1) is 19.8. The number of rotatable bonds is 6. The van der Waals surface area contributed by atoms with Crippen molar-refractivity contribution < 1.29 is 70.5 Å². The van der Waals surface area contributed by atoms with E-state index in [0.717, 1.165) is 6.08 Å². The molecule has 1 aliphatic carbocycles. The van der Waals surface area contributed by atoms with Crippen LogP contribution in [0.3, 0.4) is 0 Å². The van der Waals surface area contributed by atoms with Gasteiger partial charge in [-0.25, -0.2) is 0 Å². The average molecular weight is 594 g/mol. The lowest BCUT2D eigenvalue weighted by Gasteiger charge is -2.47. The Labute approximate surface area is 237 Å². The predicted molar refractivity (Wildman–Crippen MR) is 139 cm³/mol. The number of Topliss-reactive ketones (excluding diaryl/α,β-unsaturated/α-hetero) is 1. The Bertz CT molecular complexity index is 1350. The van der Waals surface area contributed by atoms with Crippen LogP contribution >= 0.6 is 0 Å². The lowest BCUT2D eigenvalue weighted by atomic mass is 9.70. The molecule has 15 heteroatoms. The van der Waals surface area contributed by atoms with E-state index < -0.39 is 108 Å². The van der Waals surface area contributed by atoms with Gasteiger partial charge in [-0.05, 0) is 29.8 Å². The number of aliphatic hydroxyl groups excluding tert-OH is 9. The maximum atomic E-state index is 13.9. The van der Waals surface area contributed by atoms with E-state index in [-0.39, 0.29) is 5.75 Å². The molecule has 0 spiro atoms. The van der Waals surface area contributed by atoms with Crippen molar-refractivity contribution in [3.63, 3.8) is 0 Å². The van der Waals surface area contributed by atoms with Crippen LogP contribution in [0.4, 0.5) is 0 Å². The summed E-state index contributed by atoms with van der Waals surface area (Å²) in [6.45, 7) is -1.69. The predicted octanol–water partition coefficient (Wildman–Crippen LogP) is -3.68. The SMILES string of the molecule is O=C1C=C(/C(O)=C2/NC(CO)C(O)C2O)C(O)([C@@H]2OC(CO)[C@@H](O)[C@H](O)C2O)C(=O)/C1=C(O)\C=C/c1ccc(O)cc1. The minimum absolute atomic E-state index is 0.0525. The highest BCUT2D eigenvalue weighted by Gasteiger charge is 2.61. The van der Waals surface area contributed by atoms with E-state index in [1.807, 2.05) is 0 Å². The number of carbonyl (C=O) groups excluding carboxylic acids is 2. The van der Waals surface area contributed by atoms with Crippen molar-refractivity contribution in [2.75, 3.05) is 13.2 Å². The quantitative estimate of drug-likeness (QED) is 0.0860. The van der Waals surface area contributed by atoms with E-state index in [4.69, 9.17) is 4.74 Å². The van der Waals surface area contributed by atoms with Crippen LogP contribution in [-0.2, 0) is 14.3 Å². The number of phenols is 1. The Hall–Kier alpha value is -3.64. The zero-order valence-electron chi connectivity index (χ0n) is 21.7. The molecular weight excluding hydrogens is 562 g/mol. The highest BCUT2D eigenvalue weighted by molar-refractivity contribution is 6.31. The Balaban J connectivity index is 1.89. The van der Waals surface area contributed by atoms with Gasteiger partial charge in [0.15, 0.2) is 11.4 Å². The lowest BCUT2D eigenvalue weighted by Crippen LogP contribution is -2.69. The number of carbonyl (C=O) groups is 2. The number of hydrogen-bond donors (Lipinski definition) is 12. The summed E-state index contributed by atoms with van der Waals surface area (Å²) < 4.78 is 5.40. The monoisotopic (exact) mass is 593 g/mol. The largest absolute Gasteiger partial charge is 0.508 e. The summed E-state index contributed by atoms with van der Waals surface area (Å²) in [6.07, 6.45) is -11.2. The normalized spacial score (nSPS) is 38.0. The van der Waals surface area contributed by atoms with Gasteiger partial charge in [-0.1, -0.05) is 18.2 Å². The Kier molecular flexibility index (Phi) is 8.89. The third kappa shape index (κ3) is 5.22. The van der Waals surface area contributed by atoms with Crippen molar-refractivity contribution in [2.45, 2.75) is 54.4 Å². The van der Waals surface area contributed by atoms with E-state index in [9.17, 15) is 65.8 Å². The van der Waals surface area contributed by atoms with E-state index in [0.29, 0.717) is 11.6 Å². The molecule has 4 rings (SSSR count). The maximum Gasteiger partial charge on any atom is 0.209 e. The second-order valence-corrected chi connectivity index (χ2v) is 10.1. The molecule has 9 atom stereocenters. The van der Waals surface area contributed by atoms with Crippen molar-refractivity contribution in [1.29, 1.82) is 0 Å². The summed E-state index contributed by atoms with van der Waals surface area (Å²) in [5, 5.41) is 117. The van der Waals surface area contributed by atoms with Crippen LogP contribution in [-0.4, -0.2) is 135 Å². The van der Waals surface area contributed by atoms with Crippen LogP contribution in [0.1, 0.15) is 5.56 Å². The maximum absolute atomic E-state index is 13.9. The number of aromatic hydroxyl groups is 1. The molecule has 0 amide bonds. The first kappa shape index (κ1) is 31.3. The third-order valence-electron chi connectivity index (χ3n) is 7.47. The Morgan fingerprint density at radius 3 is 2.14 bits per heavy atom. The van der Waals surface area contributed by atoms with E-state index in [2.05, 4.69) is 5.32 Å². The highest BCUT2D eigenvalue weighted by atomic mass is 16.6. The van der Waals surface area contributed by atoms with Gasteiger partial charge in [-0.2, -0.15) is 0 Å². The number of ketones is 2. The number of aliphatic hydroxyl groups is 10. The molecule has 42 heavy (non-hydrogen) atoms. The van der Waals surface area contributed by atoms with Crippen molar-refractivity contribution in [3.8, 4) is 5.75 Å². The molecule has 3 aliphatic rings. The van der Waals surface area contributed by atoms with Gasteiger partial charge in [0, 0.05) is 5.57 Å². The van der Waals surface area contributed by atoms with Crippen LogP contribution in [0, 0.1) is 0 Å². The molecule has 12 N–H and O–H groups in total.